The highest BCUT2D eigenvalue weighted by molar-refractivity contribution is 5.20. The van der Waals surface area contributed by atoms with Crippen molar-refractivity contribution in [2.45, 2.75) is 32.4 Å². The summed E-state index contributed by atoms with van der Waals surface area (Å²) in [6.45, 7) is 10.4. The minimum Gasteiger partial charge on any atom is -0.303 e. The van der Waals surface area contributed by atoms with Crippen molar-refractivity contribution in [3.8, 4) is 0 Å². The fraction of sp³-hybridized carbons (Fsp3) is 0.600. The second kappa shape index (κ2) is 4.79. The summed E-state index contributed by atoms with van der Waals surface area (Å²) in [5.74, 6) is 0. The first-order chi connectivity index (χ1) is 7.98. The van der Waals surface area contributed by atoms with E-state index in [1.165, 1.54) is 12.1 Å². The summed E-state index contributed by atoms with van der Waals surface area (Å²) in [6.07, 6.45) is 0. The summed E-state index contributed by atoms with van der Waals surface area (Å²) in [4.78, 5) is 5.06. The SMILES string of the molecule is CN1CCN(C(C)(C)C)C(c2ccccc2)C1. The van der Waals surface area contributed by atoms with Crippen LogP contribution in [0, 0.1) is 0 Å². The van der Waals surface area contributed by atoms with E-state index in [0.29, 0.717) is 6.04 Å². The van der Waals surface area contributed by atoms with E-state index in [9.17, 15) is 0 Å². The fourth-order valence-corrected chi connectivity index (χ4v) is 2.68. The fourth-order valence-electron chi connectivity index (χ4n) is 2.68. The molecular formula is C15H24N2. The van der Waals surface area contributed by atoms with Gasteiger partial charge in [0, 0.05) is 31.2 Å². The lowest BCUT2D eigenvalue weighted by molar-refractivity contribution is 0.0180. The summed E-state index contributed by atoms with van der Waals surface area (Å²) in [5.41, 5.74) is 1.68. The third-order valence-corrected chi connectivity index (χ3v) is 3.63. The molecule has 0 spiro atoms. The second-order valence-electron chi connectivity index (χ2n) is 6.05. The number of benzene rings is 1. The van der Waals surface area contributed by atoms with Gasteiger partial charge >= 0.3 is 0 Å². The molecule has 1 heterocycles. The molecule has 0 amide bonds. The van der Waals surface area contributed by atoms with Crippen molar-refractivity contribution in [1.82, 2.24) is 9.80 Å². The van der Waals surface area contributed by atoms with E-state index >= 15 is 0 Å². The molecule has 1 aromatic rings. The maximum absolute atomic E-state index is 2.63. The lowest BCUT2D eigenvalue weighted by Gasteiger charge is -2.47. The molecule has 1 atom stereocenters. The second-order valence-corrected chi connectivity index (χ2v) is 6.05. The first-order valence-corrected chi connectivity index (χ1v) is 6.49. The predicted molar refractivity (Wildman–Crippen MR) is 73.1 cm³/mol. The summed E-state index contributed by atoms with van der Waals surface area (Å²) < 4.78 is 0. The molecule has 1 aliphatic heterocycles. The van der Waals surface area contributed by atoms with E-state index < -0.39 is 0 Å². The normalized spacial score (nSPS) is 23.9. The van der Waals surface area contributed by atoms with Gasteiger partial charge in [0.1, 0.15) is 0 Å². The van der Waals surface area contributed by atoms with Gasteiger partial charge in [-0.25, -0.2) is 0 Å². The molecule has 2 rings (SSSR count). The van der Waals surface area contributed by atoms with Crippen LogP contribution in [0.5, 0.6) is 0 Å². The molecule has 1 unspecified atom stereocenters. The summed E-state index contributed by atoms with van der Waals surface area (Å²) >= 11 is 0. The average molecular weight is 232 g/mol. The van der Waals surface area contributed by atoms with Gasteiger partial charge in [-0.15, -0.1) is 0 Å². The van der Waals surface area contributed by atoms with Crippen LogP contribution in [0.25, 0.3) is 0 Å². The molecule has 0 aromatic heterocycles. The highest BCUT2D eigenvalue weighted by atomic mass is 15.3. The maximum atomic E-state index is 2.63. The topological polar surface area (TPSA) is 6.48 Å². The predicted octanol–water partition coefficient (Wildman–Crippen LogP) is 2.77. The van der Waals surface area contributed by atoms with Crippen molar-refractivity contribution in [2.24, 2.45) is 0 Å². The third kappa shape index (κ3) is 2.88. The largest absolute Gasteiger partial charge is 0.303 e. The zero-order valence-corrected chi connectivity index (χ0v) is 11.5. The lowest BCUT2D eigenvalue weighted by atomic mass is 9.95. The highest BCUT2D eigenvalue weighted by Crippen LogP contribution is 2.30. The van der Waals surface area contributed by atoms with E-state index in [4.69, 9.17) is 0 Å². The van der Waals surface area contributed by atoms with Crippen LogP contribution in [-0.4, -0.2) is 42.0 Å². The van der Waals surface area contributed by atoms with E-state index in [1.54, 1.807) is 0 Å². The number of hydrogen-bond donors (Lipinski definition) is 0. The molecular weight excluding hydrogens is 208 g/mol. The van der Waals surface area contributed by atoms with E-state index in [-0.39, 0.29) is 5.54 Å². The van der Waals surface area contributed by atoms with Crippen molar-refractivity contribution >= 4 is 0 Å². The quantitative estimate of drug-likeness (QED) is 0.734. The van der Waals surface area contributed by atoms with E-state index in [2.05, 4.69) is 68.0 Å². The van der Waals surface area contributed by atoms with Gasteiger partial charge in [0.05, 0.1) is 0 Å². The van der Waals surface area contributed by atoms with Crippen LogP contribution in [-0.2, 0) is 0 Å². The van der Waals surface area contributed by atoms with Gasteiger partial charge in [0.25, 0.3) is 0 Å². The molecule has 1 aromatic carbocycles. The van der Waals surface area contributed by atoms with Gasteiger partial charge in [-0.2, -0.15) is 0 Å². The van der Waals surface area contributed by atoms with Crippen LogP contribution in [0.1, 0.15) is 32.4 Å². The van der Waals surface area contributed by atoms with Gasteiger partial charge in [0.15, 0.2) is 0 Å². The Labute approximate surface area is 105 Å². The molecule has 2 nitrogen and oxygen atoms in total. The Hall–Kier alpha value is -0.860. The number of hydrogen-bond acceptors (Lipinski definition) is 2. The first kappa shape index (κ1) is 12.6. The molecule has 94 valence electrons. The van der Waals surface area contributed by atoms with E-state index in [1.807, 2.05) is 0 Å². The molecule has 2 heteroatoms. The first-order valence-electron chi connectivity index (χ1n) is 6.49. The molecule has 0 radical (unpaired) electrons. The van der Waals surface area contributed by atoms with Crippen molar-refractivity contribution in [1.29, 1.82) is 0 Å². The molecule has 1 saturated heterocycles. The number of piperazine rings is 1. The Morgan fingerprint density at radius 3 is 2.29 bits per heavy atom. The summed E-state index contributed by atoms with van der Waals surface area (Å²) in [7, 11) is 2.22. The zero-order valence-electron chi connectivity index (χ0n) is 11.5. The van der Waals surface area contributed by atoms with Crippen LogP contribution in [0.4, 0.5) is 0 Å². The van der Waals surface area contributed by atoms with Crippen molar-refractivity contribution in [2.75, 3.05) is 26.7 Å². The Balaban J connectivity index is 2.26. The molecule has 1 aliphatic rings. The van der Waals surface area contributed by atoms with Crippen LogP contribution >= 0.6 is 0 Å². The maximum Gasteiger partial charge on any atom is 0.0480 e. The molecule has 0 N–H and O–H groups in total. The lowest BCUT2D eigenvalue weighted by Crippen LogP contribution is -2.54. The van der Waals surface area contributed by atoms with Gasteiger partial charge < -0.3 is 4.90 Å². The molecule has 0 bridgehead atoms. The Morgan fingerprint density at radius 2 is 1.71 bits per heavy atom. The van der Waals surface area contributed by atoms with Crippen molar-refractivity contribution in [3.05, 3.63) is 35.9 Å². The monoisotopic (exact) mass is 232 g/mol. The third-order valence-electron chi connectivity index (χ3n) is 3.63. The zero-order chi connectivity index (χ0) is 12.5. The number of nitrogens with zero attached hydrogens (tertiary/aromatic N) is 2. The summed E-state index contributed by atoms with van der Waals surface area (Å²) in [6, 6.07) is 11.4. The van der Waals surface area contributed by atoms with Crippen molar-refractivity contribution in [3.63, 3.8) is 0 Å². The molecule has 0 aliphatic carbocycles. The molecule has 1 fully saturated rings. The smallest absolute Gasteiger partial charge is 0.0480 e. The number of likely N-dealkylation sites (N-methyl/N-ethyl adjacent to an activating group) is 1. The van der Waals surface area contributed by atoms with Gasteiger partial charge in [0.2, 0.25) is 0 Å². The standard InChI is InChI=1S/C15H24N2/c1-15(2,3)17-11-10-16(4)12-14(17)13-8-6-5-7-9-13/h5-9,14H,10-12H2,1-4H3. The Kier molecular flexibility index (Phi) is 3.55. The van der Waals surface area contributed by atoms with Crippen LogP contribution < -0.4 is 0 Å². The average Bonchev–Trinajstić information content (AvgIpc) is 2.28. The van der Waals surface area contributed by atoms with Gasteiger partial charge in [-0.3, -0.25) is 4.90 Å². The Bertz CT molecular complexity index is 353. The van der Waals surface area contributed by atoms with Gasteiger partial charge in [-0.05, 0) is 33.4 Å². The van der Waals surface area contributed by atoms with Gasteiger partial charge in [-0.1, -0.05) is 30.3 Å². The molecule has 0 saturated carbocycles. The Morgan fingerprint density at radius 1 is 1.06 bits per heavy atom. The van der Waals surface area contributed by atoms with E-state index in [0.717, 1.165) is 13.1 Å². The van der Waals surface area contributed by atoms with Crippen LogP contribution in [0.15, 0.2) is 30.3 Å². The summed E-state index contributed by atoms with van der Waals surface area (Å²) in [5, 5.41) is 0. The van der Waals surface area contributed by atoms with Crippen LogP contribution in [0.2, 0.25) is 0 Å². The highest BCUT2D eigenvalue weighted by Gasteiger charge is 2.33. The molecule has 17 heavy (non-hydrogen) atoms. The minimum atomic E-state index is 0.238. The minimum absolute atomic E-state index is 0.238. The van der Waals surface area contributed by atoms with Crippen molar-refractivity contribution < 1.29 is 0 Å². The number of rotatable bonds is 1. The van der Waals surface area contributed by atoms with Crippen LogP contribution in [0.3, 0.4) is 0 Å².